The smallest absolute Gasteiger partial charge is 0.319 e. The molecule has 0 bridgehead atoms. The molecule has 1 saturated carbocycles. The van der Waals surface area contributed by atoms with E-state index in [0.717, 1.165) is 30.5 Å². The molecule has 1 aliphatic heterocycles. The highest BCUT2D eigenvalue weighted by atomic mass is 35.5. The summed E-state index contributed by atoms with van der Waals surface area (Å²) in [6.07, 6.45) is 9.05. The number of hydrogen-bond donors (Lipinski definition) is 2. The van der Waals surface area contributed by atoms with Gasteiger partial charge in [0.05, 0.1) is 5.54 Å². The molecular formula is C15H15ClN2O. The first-order valence-electron chi connectivity index (χ1n) is 6.48. The van der Waals surface area contributed by atoms with Crippen LogP contribution in [0.1, 0.15) is 31.2 Å². The van der Waals surface area contributed by atoms with Crippen LogP contribution < -0.4 is 10.6 Å². The van der Waals surface area contributed by atoms with Gasteiger partial charge in [-0.15, -0.1) is 12.3 Å². The number of anilines is 1. The average Bonchev–Trinajstić information content (AvgIpc) is 3.21. The van der Waals surface area contributed by atoms with Crippen LogP contribution in [-0.4, -0.2) is 6.03 Å². The Bertz CT molecular complexity index is 574. The van der Waals surface area contributed by atoms with E-state index in [4.69, 9.17) is 18.0 Å². The molecule has 1 fully saturated rings. The molecule has 1 aromatic carbocycles. The molecule has 3 rings (SSSR count). The van der Waals surface area contributed by atoms with Crippen LogP contribution in [0.25, 0.3) is 0 Å². The molecule has 0 saturated heterocycles. The van der Waals surface area contributed by atoms with E-state index in [2.05, 4.69) is 16.6 Å². The van der Waals surface area contributed by atoms with Crippen LogP contribution in [-0.2, 0) is 5.54 Å². The number of nitrogens with one attached hydrogen (secondary N) is 2. The second-order valence-corrected chi connectivity index (χ2v) is 5.66. The number of rotatable bonds is 3. The summed E-state index contributed by atoms with van der Waals surface area (Å²) < 4.78 is 0. The van der Waals surface area contributed by atoms with Gasteiger partial charge in [0.25, 0.3) is 0 Å². The van der Waals surface area contributed by atoms with Crippen molar-refractivity contribution in [1.29, 1.82) is 0 Å². The lowest BCUT2D eigenvalue weighted by Crippen LogP contribution is -2.53. The molecule has 2 aliphatic rings. The molecule has 1 aliphatic carbocycles. The highest BCUT2D eigenvalue weighted by Gasteiger charge is 2.50. The van der Waals surface area contributed by atoms with Gasteiger partial charge in [0, 0.05) is 22.7 Å². The molecule has 19 heavy (non-hydrogen) atoms. The Morgan fingerprint density at radius 2 is 2.26 bits per heavy atom. The van der Waals surface area contributed by atoms with E-state index in [9.17, 15) is 4.79 Å². The lowest BCUT2D eigenvalue weighted by atomic mass is 9.79. The topological polar surface area (TPSA) is 41.1 Å². The maximum Gasteiger partial charge on any atom is 0.319 e. The van der Waals surface area contributed by atoms with Gasteiger partial charge in [-0.05, 0) is 43.4 Å². The Hall–Kier alpha value is -1.66. The molecular weight excluding hydrogens is 260 g/mol. The number of terminal acetylenes is 1. The Labute approximate surface area is 117 Å². The summed E-state index contributed by atoms with van der Waals surface area (Å²) >= 11 is 6.12. The number of amides is 2. The zero-order valence-corrected chi connectivity index (χ0v) is 11.3. The highest BCUT2D eigenvalue weighted by molar-refractivity contribution is 6.30. The molecule has 0 radical (unpaired) electrons. The molecule has 2 N–H and O–H groups in total. The Balaban J connectivity index is 2.11. The summed E-state index contributed by atoms with van der Waals surface area (Å²) in [6, 6.07) is 5.45. The normalized spacial score (nSPS) is 24.9. The maximum absolute atomic E-state index is 11.9. The lowest BCUT2D eigenvalue weighted by molar-refractivity contribution is 0.219. The van der Waals surface area contributed by atoms with Crippen LogP contribution in [0, 0.1) is 18.3 Å². The molecule has 98 valence electrons. The summed E-state index contributed by atoms with van der Waals surface area (Å²) in [4.78, 5) is 11.9. The van der Waals surface area contributed by atoms with Crippen LogP contribution in [0.2, 0.25) is 5.02 Å². The van der Waals surface area contributed by atoms with Gasteiger partial charge < -0.3 is 10.6 Å². The summed E-state index contributed by atoms with van der Waals surface area (Å²) in [6.45, 7) is 0. The third-order valence-corrected chi connectivity index (χ3v) is 4.22. The number of urea groups is 1. The van der Waals surface area contributed by atoms with Gasteiger partial charge in [0.2, 0.25) is 0 Å². The predicted molar refractivity (Wildman–Crippen MR) is 76.1 cm³/mol. The van der Waals surface area contributed by atoms with Crippen LogP contribution in [0.15, 0.2) is 18.2 Å². The van der Waals surface area contributed by atoms with Gasteiger partial charge >= 0.3 is 6.03 Å². The minimum atomic E-state index is -0.352. The van der Waals surface area contributed by atoms with E-state index >= 15 is 0 Å². The minimum Gasteiger partial charge on any atom is -0.328 e. The van der Waals surface area contributed by atoms with E-state index < -0.39 is 0 Å². The van der Waals surface area contributed by atoms with Gasteiger partial charge in [0.1, 0.15) is 0 Å². The number of benzene rings is 1. The average molecular weight is 275 g/mol. The van der Waals surface area contributed by atoms with Crippen molar-refractivity contribution in [1.82, 2.24) is 5.32 Å². The SMILES string of the molecule is C#CCCC1(C2CC2)NC(=O)Nc2ccc(Cl)cc21. The second kappa shape index (κ2) is 4.47. The summed E-state index contributed by atoms with van der Waals surface area (Å²) in [5, 5.41) is 6.63. The van der Waals surface area contributed by atoms with Gasteiger partial charge in [-0.2, -0.15) is 0 Å². The third-order valence-electron chi connectivity index (χ3n) is 3.98. The van der Waals surface area contributed by atoms with Crippen molar-refractivity contribution in [2.45, 2.75) is 31.2 Å². The van der Waals surface area contributed by atoms with Crippen molar-refractivity contribution >= 4 is 23.3 Å². The highest BCUT2D eigenvalue weighted by Crippen LogP contribution is 2.51. The third kappa shape index (κ3) is 2.06. The van der Waals surface area contributed by atoms with Crippen LogP contribution in [0.4, 0.5) is 10.5 Å². The summed E-state index contributed by atoms with van der Waals surface area (Å²) in [5.41, 5.74) is 1.56. The predicted octanol–water partition coefficient (Wildman–Crippen LogP) is 3.49. The van der Waals surface area contributed by atoms with E-state index in [1.54, 1.807) is 6.07 Å². The van der Waals surface area contributed by atoms with Gasteiger partial charge in [-0.3, -0.25) is 0 Å². The first-order chi connectivity index (χ1) is 9.15. The van der Waals surface area contributed by atoms with E-state index in [1.807, 2.05) is 12.1 Å². The van der Waals surface area contributed by atoms with Crippen molar-refractivity contribution in [3.63, 3.8) is 0 Å². The fourth-order valence-electron chi connectivity index (χ4n) is 2.99. The minimum absolute atomic E-state index is 0.154. The van der Waals surface area contributed by atoms with Gasteiger partial charge in [0.15, 0.2) is 0 Å². The second-order valence-electron chi connectivity index (χ2n) is 5.22. The Morgan fingerprint density at radius 3 is 2.95 bits per heavy atom. The Kier molecular flexibility index (Phi) is 2.91. The largest absolute Gasteiger partial charge is 0.328 e. The van der Waals surface area contributed by atoms with Crippen LogP contribution >= 0.6 is 11.6 Å². The molecule has 4 heteroatoms. The van der Waals surface area contributed by atoms with Crippen LogP contribution in [0.5, 0.6) is 0 Å². The van der Waals surface area contributed by atoms with Crippen molar-refractivity contribution in [3.05, 3.63) is 28.8 Å². The maximum atomic E-state index is 11.9. The first-order valence-corrected chi connectivity index (χ1v) is 6.86. The van der Waals surface area contributed by atoms with Gasteiger partial charge in [-0.25, -0.2) is 4.79 Å². The van der Waals surface area contributed by atoms with E-state index in [1.165, 1.54) is 0 Å². The molecule has 0 spiro atoms. The van der Waals surface area contributed by atoms with Crippen molar-refractivity contribution in [3.8, 4) is 12.3 Å². The summed E-state index contributed by atoms with van der Waals surface area (Å²) in [7, 11) is 0. The standard InChI is InChI=1S/C15H15ClN2O/c1-2-3-8-15(10-4-5-10)12-9-11(16)6-7-13(12)17-14(19)18-15/h1,6-7,9-10H,3-5,8H2,(H2,17,18,19). The molecule has 1 unspecified atom stereocenters. The van der Waals surface area contributed by atoms with Crippen molar-refractivity contribution in [2.75, 3.05) is 5.32 Å². The van der Waals surface area contributed by atoms with Crippen LogP contribution in [0.3, 0.4) is 0 Å². The van der Waals surface area contributed by atoms with E-state index in [-0.39, 0.29) is 11.6 Å². The molecule has 1 aromatic rings. The lowest BCUT2D eigenvalue weighted by Gasteiger charge is -2.40. The summed E-state index contributed by atoms with van der Waals surface area (Å²) in [5.74, 6) is 3.14. The number of carbonyl (C=O) groups excluding carboxylic acids is 1. The van der Waals surface area contributed by atoms with E-state index in [0.29, 0.717) is 17.4 Å². The van der Waals surface area contributed by atoms with Gasteiger partial charge in [-0.1, -0.05) is 11.6 Å². The quantitative estimate of drug-likeness (QED) is 0.814. The molecule has 1 atom stereocenters. The fourth-order valence-corrected chi connectivity index (χ4v) is 3.16. The fraction of sp³-hybridized carbons (Fsp3) is 0.400. The Morgan fingerprint density at radius 1 is 1.47 bits per heavy atom. The van der Waals surface area contributed by atoms with Crippen molar-refractivity contribution in [2.24, 2.45) is 5.92 Å². The zero-order valence-electron chi connectivity index (χ0n) is 10.5. The number of halogens is 1. The number of hydrogen-bond acceptors (Lipinski definition) is 1. The first kappa shape index (κ1) is 12.4. The molecule has 3 nitrogen and oxygen atoms in total. The number of carbonyl (C=O) groups is 1. The monoisotopic (exact) mass is 274 g/mol. The molecule has 0 aromatic heterocycles. The zero-order chi connectivity index (χ0) is 13.5. The number of fused-ring (bicyclic) bond motifs is 1. The molecule has 1 heterocycles. The van der Waals surface area contributed by atoms with Crippen molar-refractivity contribution < 1.29 is 4.79 Å². The molecule has 2 amide bonds.